The summed E-state index contributed by atoms with van der Waals surface area (Å²) in [7, 11) is 0. The van der Waals surface area contributed by atoms with Crippen LogP contribution in [0.5, 0.6) is 0 Å². The van der Waals surface area contributed by atoms with Gasteiger partial charge >= 0.3 is 0 Å². The Bertz CT molecular complexity index is 1620. The molecule has 1 heterocycles. The molecule has 1 aromatic heterocycles. The minimum absolute atomic E-state index is 0.108. The number of aliphatic imine (C=N–C) groups is 2. The summed E-state index contributed by atoms with van der Waals surface area (Å²) in [6, 6.07) is 14.2. The number of benzene rings is 3. The minimum atomic E-state index is -1.08. The van der Waals surface area contributed by atoms with E-state index >= 15 is 0 Å². The van der Waals surface area contributed by atoms with Crippen LogP contribution in [0.2, 0.25) is 0 Å². The number of fused-ring (bicyclic) bond motifs is 2. The van der Waals surface area contributed by atoms with Crippen LogP contribution in [0.1, 0.15) is 33.6 Å². The highest BCUT2D eigenvalue weighted by Gasteiger charge is 2.32. The molecular formula is C28H14F4N6. The molecule has 0 N–H and O–H groups in total. The van der Waals surface area contributed by atoms with Gasteiger partial charge in [0.15, 0.2) is 0 Å². The zero-order valence-electron chi connectivity index (χ0n) is 19.4. The van der Waals surface area contributed by atoms with Gasteiger partial charge in [0, 0.05) is 33.4 Å². The number of halogens is 4. The molecular weight excluding hydrogens is 496 g/mol. The molecule has 0 fully saturated rings. The van der Waals surface area contributed by atoms with Crippen molar-refractivity contribution in [2.24, 2.45) is 9.98 Å². The Morgan fingerprint density at radius 2 is 1.05 bits per heavy atom. The fraction of sp³-hybridized carbons (Fsp3) is 0.0714. The van der Waals surface area contributed by atoms with Crippen LogP contribution >= 0.6 is 0 Å². The van der Waals surface area contributed by atoms with Crippen molar-refractivity contribution in [3.05, 3.63) is 106 Å². The maximum atomic E-state index is 14.1. The van der Waals surface area contributed by atoms with Gasteiger partial charge in [-0.2, -0.15) is 20.5 Å². The number of nitrogens with zero attached hydrogens (tertiary/aromatic N) is 6. The maximum Gasteiger partial charge on any atom is 0.206 e. The Balaban J connectivity index is 1.90. The van der Waals surface area contributed by atoms with Gasteiger partial charge in [-0.05, 0) is 36.4 Å². The summed E-state index contributed by atoms with van der Waals surface area (Å²) in [5.74, 6) is -1.51. The molecule has 10 heteroatoms. The number of hydrogen-bond acceptors (Lipinski definition) is 6. The number of alkyl halides is 2. The lowest BCUT2D eigenvalue weighted by Crippen LogP contribution is -2.26. The second kappa shape index (κ2) is 10.0. The highest BCUT2D eigenvalue weighted by molar-refractivity contribution is 6.30. The first-order chi connectivity index (χ1) is 18.5. The van der Waals surface area contributed by atoms with Gasteiger partial charge in [-0.3, -0.25) is 0 Å². The molecule has 6 nitrogen and oxygen atoms in total. The molecule has 0 saturated heterocycles. The van der Waals surface area contributed by atoms with Gasteiger partial charge in [0.1, 0.15) is 47.8 Å². The Kier molecular flexibility index (Phi) is 6.46. The van der Waals surface area contributed by atoms with E-state index in [0.717, 1.165) is 12.1 Å². The molecule has 0 spiro atoms. The van der Waals surface area contributed by atoms with Crippen molar-refractivity contribution in [2.45, 2.75) is 13.3 Å². The first-order valence-electron chi connectivity index (χ1n) is 11.2. The van der Waals surface area contributed by atoms with Crippen molar-refractivity contribution >= 4 is 11.4 Å². The van der Waals surface area contributed by atoms with Crippen molar-refractivity contribution in [2.75, 3.05) is 0 Å². The van der Waals surface area contributed by atoms with Gasteiger partial charge in [0.25, 0.3) is 0 Å². The molecule has 0 atom stereocenters. The molecule has 3 aromatic carbocycles. The first-order valence-corrected chi connectivity index (χ1v) is 11.2. The van der Waals surface area contributed by atoms with Crippen molar-refractivity contribution in [3.63, 3.8) is 0 Å². The van der Waals surface area contributed by atoms with Crippen molar-refractivity contribution in [1.82, 2.24) is 9.97 Å². The monoisotopic (exact) mass is 510 g/mol. The van der Waals surface area contributed by atoms with E-state index in [1.54, 1.807) is 36.7 Å². The molecule has 1 aliphatic carbocycles. The number of hydrogen-bond donors (Lipinski definition) is 0. The van der Waals surface area contributed by atoms with Crippen LogP contribution in [0.4, 0.5) is 17.6 Å². The average Bonchev–Trinajstić information content (AvgIpc) is 2.94. The van der Waals surface area contributed by atoms with Crippen LogP contribution < -0.4 is 0 Å². The minimum Gasteiger partial charge on any atom is -0.246 e. The predicted octanol–water partition coefficient (Wildman–Crippen LogP) is 5.98. The zero-order valence-corrected chi connectivity index (χ0v) is 19.4. The van der Waals surface area contributed by atoms with Crippen LogP contribution in [-0.2, 0) is 13.3 Å². The quantitative estimate of drug-likeness (QED) is 0.219. The third kappa shape index (κ3) is 4.08. The lowest BCUT2D eigenvalue weighted by molar-refractivity contribution is 0.463. The van der Waals surface area contributed by atoms with E-state index in [9.17, 15) is 28.1 Å². The lowest BCUT2D eigenvalue weighted by atomic mass is 9.87. The van der Waals surface area contributed by atoms with E-state index in [2.05, 4.69) is 9.98 Å². The molecule has 0 unspecified atom stereocenters. The summed E-state index contributed by atoms with van der Waals surface area (Å²) in [5, 5.41) is 18.8. The van der Waals surface area contributed by atoms with Crippen molar-refractivity contribution < 1.29 is 17.6 Å². The summed E-state index contributed by atoms with van der Waals surface area (Å²) < 4.78 is 55.3. The summed E-state index contributed by atoms with van der Waals surface area (Å²) in [6.07, 6.45) is 3.50. The fourth-order valence-corrected chi connectivity index (χ4v) is 4.29. The van der Waals surface area contributed by atoms with Gasteiger partial charge in [-0.15, -0.1) is 0 Å². The highest BCUT2D eigenvalue weighted by atomic mass is 19.1. The van der Waals surface area contributed by atoms with Crippen LogP contribution in [0.25, 0.3) is 22.5 Å². The van der Waals surface area contributed by atoms with E-state index in [0.29, 0.717) is 11.1 Å². The molecule has 38 heavy (non-hydrogen) atoms. The maximum absolute atomic E-state index is 14.1. The number of rotatable bonds is 4. The van der Waals surface area contributed by atoms with E-state index in [4.69, 9.17) is 9.97 Å². The Morgan fingerprint density at radius 3 is 1.42 bits per heavy atom. The molecule has 0 aliphatic heterocycles. The van der Waals surface area contributed by atoms with Gasteiger partial charge in [-0.25, -0.2) is 27.5 Å². The fourth-order valence-electron chi connectivity index (χ4n) is 4.29. The van der Waals surface area contributed by atoms with Crippen LogP contribution in [0, 0.1) is 34.5 Å². The average molecular weight is 510 g/mol. The Hall–Kier alpha value is -5.22. The highest BCUT2D eigenvalue weighted by Crippen LogP contribution is 2.36. The van der Waals surface area contributed by atoms with Gasteiger partial charge in [0.2, 0.25) is 12.4 Å². The van der Waals surface area contributed by atoms with E-state index in [-0.39, 0.29) is 56.5 Å². The number of aromatic nitrogens is 2. The van der Waals surface area contributed by atoms with E-state index < -0.39 is 25.0 Å². The summed E-state index contributed by atoms with van der Waals surface area (Å²) >= 11 is 0. The summed E-state index contributed by atoms with van der Waals surface area (Å²) in [4.78, 5) is 17.3. The van der Waals surface area contributed by atoms with Crippen molar-refractivity contribution in [3.8, 4) is 34.9 Å². The van der Waals surface area contributed by atoms with Crippen LogP contribution in [0.3, 0.4) is 0 Å². The van der Waals surface area contributed by atoms with Crippen LogP contribution in [-0.4, -0.2) is 21.4 Å². The molecule has 5 rings (SSSR count). The third-order valence-corrected chi connectivity index (χ3v) is 6.03. The Morgan fingerprint density at radius 1 is 0.632 bits per heavy atom. The second-order valence-corrected chi connectivity index (χ2v) is 8.16. The smallest absolute Gasteiger partial charge is 0.206 e. The molecule has 0 saturated carbocycles. The summed E-state index contributed by atoms with van der Waals surface area (Å²) in [5.41, 5.74) is 1.83. The largest absolute Gasteiger partial charge is 0.246 e. The topological polar surface area (TPSA) is 98.1 Å². The molecule has 0 bridgehead atoms. The molecule has 4 aromatic rings. The molecule has 0 radical (unpaired) electrons. The molecule has 0 amide bonds. The zero-order chi connectivity index (χ0) is 26.8. The number of nitriles is 2. The van der Waals surface area contributed by atoms with Crippen LogP contribution in [0.15, 0.2) is 70.6 Å². The van der Waals surface area contributed by atoms with E-state index in [1.165, 1.54) is 24.3 Å². The molecule has 184 valence electrons. The van der Waals surface area contributed by atoms with Gasteiger partial charge in [-0.1, -0.05) is 24.3 Å². The molecule has 1 aliphatic rings. The standard InChI is InChI=1S/C28H14F4N6/c29-11-17-9-15(5-7-21(17)31)23-24(16-6-8-22(32)18(10-16)12-30)38-28-26(36-14-34)20-4-2-1-3-19(20)25(35-13-33)27(28)37-23/h1-10H,11-12H2/b35-25-,36-26+. The Labute approximate surface area is 213 Å². The van der Waals surface area contributed by atoms with Gasteiger partial charge in [0.05, 0.1) is 11.4 Å². The third-order valence-electron chi connectivity index (χ3n) is 6.03. The summed E-state index contributed by atoms with van der Waals surface area (Å²) in [6.45, 7) is -2.16. The first kappa shape index (κ1) is 24.5. The van der Waals surface area contributed by atoms with Crippen molar-refractivity contribution in [1.29, 1.82) is 10.5 Å². The second-order valence-electron chi connectivity index (χ2n) is 8.16. The predicted molar refractivity (Wildman–Crippen MR) is 131 cm³/mol. The normalized spacial score (nSPS) is 14.1. The van der Waals surface area contributed by atoms with E-state index in [1.807, 2.05) is 0 Å². The SMILES string of the molecule is N#C/N=C1/c2ccccc2/C(=N\C#N)c2nc(-c3ccc(F)c(CF)c3)c(-c3ccc(F)c(CF)c3)nc21. The van der Waals surface area contributed by atoms with Gasteiger partial charge < -0.3 is 0 Å². The lowest BCUT2D eigenvalue weighted by Gasteiger charge is -2.22.